The molecule has 0 radical (unpaired) electrons. The molecule has 1 saturated carbocycles. The molecule has 1 aliphatic carbocycles. The fourth-order valence-corrected chi connectivity index (χ4v) is 4.74. The van der Waals surface area contributed by atoms with Crippen LogP contribution in [0, 0.1) is 0 Å². The summed E-state index contributed by atoms with van der Waals surface area (Å²) >= 11 is 7.83. The van der Waals surface area contributed by atoms with Gasteiger partial charge in [0.05, 0.1) is 5.75 Å². The van der Waals surface area contributed by atoms with Gasteiger partial charge in [-0.15, -0.1) is 11.8 Å². The third-order valence-electron chi connectivity index (χ3n) is 5.19. The second-order valence-corrected chi connectivity index (χ2v) is 8.73. The van der Waals surface area contributed by atoms with Gasteiger partial charge in [-0.2, -0.15) is 0 Å². The Balaban J connectivity index is 1.30. The molecule has 3 amide bonds. The molecule has 2 aromatic carbocycles. The highest BCUT2D eigenvalue weighted by Gasteiger charge is 2.31. The topological polar surface area (TPSA) is 69.7 Å². The average molecular weight is 432 g/mol. The van der Waals surface area contributed by atoms with Gasteiger partial charge in [0.25, 0.3) is 0 Å². The van der Waals surface area contributed by atoms with Gasteiger partial charge in [-0.3, -0.25) is 14.4 Å². The van der Waals surface area contributed by atoms with E-state index in [1.165, 1.54) is 16.7 Å². The zero-order valence-corrected chi connectivity index (χ0v) is 17.5. The molecule has 152 valence electrons. The summed E-state index contributed by atoms with van der Waals surface area (Å²) in [5.41, 5.74) is 0. The van der Waals surface area contributed by atoms with Crippen LogP contribution in [0.4, 0.5) is 0 Å². The summed E-state index contributed by atoms with van der Waals surface area (Å²) in [7, 11) is 0. The van der Waals surface area contributed by atoms with Gasteiger partial charge in [-0.1, -0.05) is 35.9 Å². The van der Waals surface area contributed by atoms with E-state index in [2.05, 4.69) is 5.32 Å². The van der Waals surface area contributed by atoms with Crippen LogP contribution in [-0.4, -0.2) is 65.5 Å². The number of halogens is 1. The maximum atomic E-state index is 12.6. The minimum atomic E-state index is -0.532. The number of hydrogen-bond acceptors (Lipinski definition) is 4. The minimum Gasteiger partial charge on any atom is -0.345 e. The van der Waals surface area contributed by atoms with Crippen LogP contribution in [0.25, 0.3) is 10.8 Å². The smallest absolute Gasteiger partial charge is 0.312 e. The van der Waals surface area contributed by atoms with E-state index in [0.717, 1.165) is 28.5 Å². The fourth-order valence-electron chi connectivity index (χ4n) is 3.39. The first-order valence-corrected chi connectivity index (χ1v) is 11.1. The predicted molar refractivity (Wildman–Crippen MR) is 114 cm³/mol. The Kier molecular flexibility index (Phi) is 5.96. The largest absolute Gasteiger partial charge is 0.345 e. The monoisotopic (exact) mass is 431 g/mol. The van der Waals surface area contributed by atoms with Gasteiger partial charge in [-0.05, 0) is 30.4 Å². The Labute approximate surface area is 178 Å². The molecule has 29 heavy (non-hydrogen) atoms. The third-order valence-corrected chi connectivity index (χ3v) is 6.55. The van der Waals surface area contributed by atoms with Crippen molar-refractivity contribution in [2.24, 2.45) is 0 Å². The molecule has 4 rings (SSSR count). The van der Waals surface area contributed by atoms with Crippen molar-refractivity contribution in [2.45, 2.75) is 23.8 Å². The third kappa shape index (κ3) is 4.67. The Morgan fingerprint density at radius 2 is 1.66 bits per heavy atom. The average Bonchev–Trinajstić information content (AvgIpc) is 3.55. The van der Waals surface area contributed by atoms with Gasteiger partial charge in [0.2, 0.25) is 5.91 Å². The molecule has 2 aromatic rings. The summed E-state index contributed by atoms with van der Waals surface area (Å²) in [6, 6.07) is 11.9. The lowest BCUT2D eigenvalue weighted by Crippen LogP contribution is -2.54. The lowest BCUT2D eigenvalue weighted by molar-refractivity contribution is -0.148. The summed E-state index contributed by atoms with van der Waals surface area (Å²) in [4.78, 5) is 41.0. The van der Waals surface area contributed by atoms with Crippen molar-refractivity contribution in [3.63, 3.8) is 0 Å². The number of rotatable bonds is 4. The molecule has 0 bridgehead atoms. The Morgan fingerprint density at radius 1 is 1.00 bits per heavy atom. The van der Waals surface area contributed by atoms with Crippen molar-refractivity contribution < 1.29 is 14.4 Å². The lowest BCUT2D eigenvalue weighted by Gasteiger charge is -2.34. The number of nitrogens with zero attached hydrogens (tertiary/aromatic N) is 2. The zero-order valence-electron chi connectivity index (χ0n) is 15.9. The van der Waals surface area contributed by atoms with Crippen molar-refractivity contribution in [1.29, 1.82) is 0 Å². The van der Waals surface area contributed by atoms with Crippen LogP contribution in [0.5, 0.6) is 0 Å². The van der Waals surface area contributed by atoms with Crippen molar-refractivity contribution >= 4 is 51.9 Å². The Morgan fingerprint density at radius 3 is 2.34 bits per heavy atom. The standard InChI is InChI=1S/C21H22ClN3O3S/c22-16-5-1-3-14-4-2-6-17(19(14)16)29-13-18(26)24-9-11-25(12-10-24)21(28)20(27)23-15-7-8-15/h1-6,15H,7-13H2,(H,23,27). The lowest BCUT2D eigenvalue weighted by atomic mass is 10.1. The summed E-state index contributed by atoms with van der Waals surface area (Å²) < 4.78 is 0. The normalized spacial score (nSPS) is 16.7. The quantitative estimate of drug-likeness (QED) is 0.596. The summed E-state index contributed by atoms with van der Waals surface area (Å²) in [5.74, 6) is -0.700. The van der Waals surface area contributed by atoms with E-state index in [-0.39, 0.29) is 11.9 Å². The van der Waals surface area contributed by atoms with E-state index in [9.17, 15) is 14.4 Å². The molecule has 2 fully saturated rings. The molecule has 0 spiro atoms. The molecule has 2 aliphatic rings. The SMILES string of the molecule is O=C(NC1CC1)C(=O)N1CCN(C(=O)CSc2cccc3cccc(Cl)c23)CC1. The number of thioether (sulfide) groups is 1. The predicted octanol–water partition coefficient (Wildman–Crippen LogP) is 2.53. The van der Waals surface area contributed by atoms with Crippen LogP contribution in [0.2, 0.25) is 5.02 Å². The van der Waals surface area contributed by atoms with Crippen LogP contribution < -0.4 is 5.32 Å². The number of carbonyl (C=O) groups is 3. The Bertz CT molecular complexity index is 950. The van der Waals surface area contributed by atoms with Crippen LogP contribution in [0.1, 0.15) is 12.8 Å². The van der Waals surface area contributed by atoms with Crippen LogP contribution in [0.15, 0.2) is 41.3 Å². The van der Waals surface area contributed by atoms with E-state index < -0.39 is 11.8 Å². The second-order valence-electron chi connectivity index (χ2n) is 7.30. The zero-order chi connectivity index (χ0) is 20.4. The van der Waals surface area contributed by atoms with Gasteiger partial charge in [-0.25, -0.2) is 0 Å². The molecular formula is C21H22ClN3O3S. The number of hydrogen-bond donors (Lipinski definition) is 1. The van der Waals surface area contributed by atoms with Gasteiger partial charge < -0.3 is 15.1 Å². The molecular weight excluding hydrogens is 410 g/mol. The highest BCUT2D eigenvalue weighted by atomic mass is 35.5. The molecule has 0 atom stereocenters. The molecule has 0 aromatic heterocycles. The van der Waals surface area contributed by atoms with E-state index in [4.69, 9.17) is 11.6 Å². The van der Waals surface area contributed by atoms with E-state index >= 15 is 0 Å². The van der Waals surface area contributed by atoms with Crippen LogP contribution in [-0.2, 0) is 14.4 Å². The van der Waals surface area contributed by atoms with Crippen LogP contribution >= 0.6 is 23.4 Å². The van der Waals surface area contributed by atoms with Crippen molar-refractivity contribution in [3.05, 3.63) is 41.4 Å². The maximum Gasteiger partial charge on any atom is 0.312 e. The van der Waals surface area contributed by atoms with Gasteiger partial charge in [0.15, 0.2) is 0 Å². The fraction of sp³-hybridized carbons (Fsp3) is 0.381. The molecule has 0 unspecified atom stereocenters. The molecule has 6 nitrogen and oxygen atoms in total. The van der Waals surface area contributed by atoms with Crippen molar-refractivity contribution in [2.75, 3.05) is 31.9 Å². The summed E-state index contributed by atoms with van der Waals surface area (Å²) in [6.45, 7) is 1.65. The van der Waals surface area contributed by atoms with Gasteiger partial charge in [0, 0.05) is 47.5 Å². The highest BCUT2D eigenvalue weighted by molar-refractivity contribution is 8.00. The molecule has 8 heteroatoms. The van der Waals surface area contributed by atoms with Gasteiger partial charge in [0.1, 0.15) is 0 Å². The molecule has 1 heterocycles. The Hall–Kier alpha value is -2.25. The number of amides is 3. The molecule has 1 aliphatic heterocycles. The number of benzene rings is 2. The summed E-state index contributed by atoms with van der Waals surface area (Å²) in [5, 5.41) is 5.41. The molecule has 1 saturated heterocycles. The number of fused-ring (bicyclic) bond motifs is 1. The first-order chi connectivity index (χ1) is 14.0. The minimum absolute atomic E-state index is 0.0218. The number of carbonyl (C=O) groups excluding carboxylic acids is 3. The second kappa shape index (κ2) is 8.63. The number of nitrogens with one attached hydrogen (secondary N) is 1. The summed E-state index contributed by atoms with van der Waals surface area (Å²) in [6.07, 6.45) is 1.89. The first-order valence-electron chi connectivity index (χ1n) is 9.70. The highest BCUT2D eigenvalue weighted by Crippen LogP contribution is 2.33. The van der Waals surface area contributed by atoms with E-state index in [0.29, 0.717) is 37.0 Å². The van der Waals surface area contributed by atoms with E-state index in [1.54, 1.807) is 4.90 Å². The number of piperazine rings is 1. The van der Waals surface area contributed by atoms with Crippen molar-refractivity contribution in [1.82, 2.24) is 15.1 Å². The van der Waals surface area contributed by atoms with Gasteiger partial charge >= 0.3 is 11.8 Å². The van der Waals surface area contributed by atoms with Crippen LogP contribution in [0.3, 0.4) is 0 Å². The van der Waals surface area contributed by atoms with E-state index in [1.807, 2.05) is 36.4 Å². The molecule has 1 N–H and O–H groups in total. The van der Waals surface area contributed by atoms with Crippen molar-refractivity contribution in [3.8, 4) is 0 Å². The maximum absolute atomic E-state index is 12.6. The first kappa shape index (κ1) is 20.0.